The fourth-order valence-corrected chi connectivity index (χ4v) is 2.44. The van der Waals surface area contributed by atoms with Crippen LogP contribution >= 0.6 is 0 Å². The third-order valence-corrected chi connectivity index (χ3v) is 3.40. The van der Waals surface area contributed by atoms with Crippen molar-refractivity contribution in [1.82, 2.24) is 10.2 Å². The Morgan fingerprint density at radius 3 is 2.28 bits per heavy atom. The molecule has 1 aliphatic rings. The highest BCUT2D eigenvalue weighted by Gasteiger charge is 2.43. The van der Waals surface area contributed by atoms with E-state index in [0.717, 1.165) is 6.42 Å². The smallest absolute Gasteiger partial charge is 0.277 e. The van der Waals surface area contributed by atoms with Crippen LogP contribution in [0.2, 0.25) is 0 Å². The number of urea groups is 1. The molecule has 5 nitrogen and oxygen atoms in total. The monoisotopic (exact) mass is 254 g/mol. The second-order valence-corrected chi connectivity index (χ2v) is 5.06. The highest BCUT2D eigenvalue weighted by Crippen LogP contribution is 2.22. The van der Waals surface area contributed by atoms with Gasteiger partial charge in [-0.2, -0.15) is 0 Å². The van der Waals surface area contributed by atoms with Crippen molar-refractivity contribution in [1.29, 1.82) is 0 Å². The molecule has 0 aromatic rings. The molecule has 0 radical (unpaired) electrons. The molecule has 1 heterocycles. The molecule has 0 bridgehead atoms. The third-order valence-electron chi connectivity index (χ3n) is 3.40. The van der Waals surface area contributed by atoms with Gasteiger partial charge in [-0.1, -0.05) is 34.1 Å². The Kier molecular flexibility index (Phi) is 4.87. The fraction of sp³-hybridized carbons (Fsp3) is 0.769. The minimum absolute atomic E-state index is 0.148. The zero-order valence-corrected chi connectivity index (χ0v) is 11.5. The minimum atomic E-state index is -0.708. The average molecular weight is 254 g/mol. The molecule has 2 unspecified atom stereocenters. The lowest BCUT2D eigenvalue weighted by Crippen LogP contribution is -2.61. The van der Waals surface area contributed by atoms with Crippen molar-refractivity contribution in [2.24, 2.45) is 11.8 Å². The number of hydrogen-bond donors (Lipinski definition) is 1. The number of amides is 4. The summed E-state index contributed by atoms with van der Waals surface area (Å²) in [5, 5.41) is 2.29. The maximum Gasteiger partial charge on any atom is 0.331 e. The molecule has 0 aromatic heterocycles. The van der Waals surface area contributed by atoms with Crippen molar-refractivity contribution in [3.63, 3.8) is 0 Å². The first-order valence-electron chi connectivity index (χ1n) is 6.61. The van der Waals surface area contributed by atoms with Gasteiger partial charge in [0.1, 0.15) is 5.92 Å². The van der Waals surface area contributed by atoms with Gasteiger partial charge >= 0.3 is 6.03 Å². The van der Waals surface area contributed by atoms with E-state index in [0.29, 0.717) is 12.8 Å². The molecule has 5 heteroatoms. The molecule has 1 fully saturated rings. The van der Waals surface area contributed by atoms with Gasteiger partial charge in [-0.05, 0) is 18.8 Å². The Morgan fingerprint density at radius 2 is 1.83 bits per heavy atom. The number of imide groups is 2. The number of carbonyl (C=O) groups excluding carboxylic acids is 3. The molecule has 4 amide bonds. The van der Waals surface area contributed by atoms with Gasteiger partial charge in [-0.25, -0.2) is 4.79 Å². The van der Waals surface area contributed by atoms with Crippen LogP contribution in [0.4, 0.5) is 4.79 Å². The molecule has 1 N–H and O–H groups in total. The molecule has 0 saturated carbocycles. The Labute approximate surface area is 108 Å². The summed E-state index contributed by atoms with van der Waals surface area (Å²) in [7, 11) is 0. The number of hydrogen-bond acceptors (Lipinski definition) is 3. The van der Waals surface area contributed by atoms with Gasteiger partial charge in [0, 0.05) is 6.04 Å². The highest BCUT2D eigenvalue weighted by atomic mass is 16.2. The van der Waals surface area contributed by atoms with Crippen molar-refractivity contribution in [2.75, 3.05) is 0 Å². The van der Waals surface area contributed by atoms with E-state index in [1.807, 2.05) is 27.7 Å². The van der Waals surface area contributed by atoms with Gasteiger partial charge in [0.25, 0.3) is 0 Å². The van der Waals surface area contributed by atoms with Gasteiger partial charge in [-0.3, -0.25) is 19.8 Å². The third kappa shape index (κ3) is 2.71. The van der Waals surface area contributed by atoms with Gasteiger partial charge in [-0.15, -0.1) is 0 Å². The highest BCUT2D eigenvalue weighted by molar-refractivity contribution is 6.16. The van der Waals surface area contributed by atoms with Crippen molar-refractivity contribution in [2.45, 2.75) is 53.0 Å². The summed E-state index contributed by atoms with van der Waals surface area (Å²) in [5.74, 6) is -1.33. The van der Waals surface area contributed by atoms with Crippen LogP contribution in [0, 0.1) is 11.8 Å². The van der Waals surface area contributed by atoms with Crippen molar-refractivity contribution in [3.8, 4) is 0 Å². The summed E-state index contributed by atoms with van der Waals surface area (Å²) in [6.45, 7) is 7.80. The van der Waals surface area contributed by atoms with Gasteiger partial charge in [0.2, 0.25) is 11.8 Å². The number of rotatable bonds is 5. The Bertz CT molecular complexity index is 352. The van der Waals surface area contributed by atoms with E-state index < -0.39 is 17.9 Å². The Morgan fingerprint density at radius 1 is 1.22 bits per heavy atom. The zero-order valence-electron chi connectivity index (χ0n) is 11.5. The fourth-order valence-electron chi connectivity index (χ4n) is 2.44. The van der Waals surface area contributed by atoms with Crippen LogP contribution < -0.4 is 5.32 Å². The topological polar surface area (TPSA) is 66.5 Å². The lowest BCUT2D eigenvalue weighted by molar-refractivity contribution is -0.145. The molecule has 18 heavy (non-hydrogen) atoms. The lowest BCUT2D eigenvalue weighted by atomic mass is 9.94. The quantitative estimate of drug-likeness (QED) is 0.762. The number of nitrogens with zero attached hydrogens (tertiary/aromatic N) is 1. The van der Waals surface area contributed by atoms with Crippen LogP contribution in [0.15, 0.2) is 0 Å². The number of barbiturate groups is 1. The molecule has 102 valence electrons. The first kappa shape index (κ1) is 14.7. The SMILES string of the molecule is CCCC1C(=O)NC(=O)N(C(CC)C(C)C)C1=O. The summed E-state index contributed by atoms with van der Waals surface area (Å²) < 4.78 is 0. The first-order valence-corrected chi connectivity index (χ1v) is 6.61. The molecule has 0 spiro atoms. The predicted octanol–water partition coefficient (Wildman–Crippen LogP) is 1.92. The van der Waals surface area contributed by atoms with Gasteiger partial charge < -0.3 is 0 Å². The lowest BCUT2D eigenvalue weighted by Gasteiger charge is -2.37. The number of carbonyl (C=O) groups is 3. The summed E-state index contributed by atoms with van der Waals surface area (Å²) in [6, 6.07) is -0.720. The van der Waals surface area contributed by atoms with Crippen LogP contribution in [0.25, 0.3) is 0 Å². The molecule has 2 atom stereocenters. The van der Waals surface area contributed by atoms with E-state index in [-0.39, 0.29) is 17.9 Å². The van der Waals surface area contributed by atoms with Crippen LogP contribution in [0.5, 0.6) is 0 Å². The summed E-state index contributed by atoms with van der Waals surface area (Å²) >= 11 is 0. The maximum atomic E-state index is 12.3. The predicted molar refractivity (Wildman–Crippen MR) is 67.7 cm³/mol. The summed E-state index contributed by atoms with van der Waals surface area (Å²) in [5.41, 5.74) is 0. The van der Waals surface area contributed by atoms with Crippen LogP contribution in [0.1, 0.15) is 47.0 Å². The second-order valence-electron chi connectivity index (χ2n) is 5.06. The largest absolute Gasteiger partial charge is 0.331 e. The van der Waals surface area contributed by atoms with Crippen molar-refractivity contribution in [3.05, 3.63) is 0 Å². The molecule has 0 aromatic carbocycles. The second kappa shape index (κ2) is 5.98. The molecule has 1 saturated heterocycles. The molecule has 0 aliphatic carbocycles. The average Bonchev–Trinajstić information content (AvgIpc) is 2.29. The summed E-state index contributed by atoms with van der Waals surface area (Å²) in [4.78, 5) is 37.0. The van der Waals surface area contributed by atoms with E-state index in [2.05, 4.69) is 5.32 Å². The number of nitrogens with one attached hydrogen (secondary N) is 1. The van der Waals surface area contributed by atoms with E-state index in [9.17, 15) is 14.4 Å². The van der Waals surface area contributed by atoms with Crippen LogP contribution in [-0.2, 0) is 9.59 Å². The zero-order chi connectivity index (χ0) is 13.9. The maximum absolute atomic E-state index is 12.3. The van der Waals surface area contributed by atoms with Gasteiger partial charge in [0.05, 0.1) is 0 Å². The van der Waals surface area contributed by atoms with E-state index in [4.69, 9.17) is 0 Å². The summed E-state index contributed by atoms with van der Waals surface area (Å²) in [6.07, 6.45) is 1.93. The minimum Gasteiger partial charge on any atom is -0.277 e. The molecule has 1 aliphatic heterocycles. The molecule has 1 rings (SSSR count). The molecular formula is C13H22N2O3. The standard InChI is InChI=1S/C13H22N2O3/c1-5-7-9-11(16)14-13(18)15(12(9)17)10(6-2)8(3)4/h8-10H,5-7H2,1-4H3,(H,14,16,18). The molecular weight excluding hydrogens is 232 g/mol. The first-order chi connectivity index (χ1) is 8.43. The van der Waals surface area contributed by atoms with E-state index >= 15 is 0 Å². The van der Waals surface area contributed by atoms with E-state index in [1.54, 1.807) is 0 Å². The van der Waals surface area contributed by atoms with Crippen LogP contribution in [-0.4, -0.2) is 28.8 Å². The normalized spacial score (nSPS) is 22.4. The van der Waals surface area contributed by atoms with Crippen molar-refractivity contribution >= 4 is 17.8 Å². The Balaban J connectivity index is 2.99. The van der Waals surface area contributed by atoms with Gasteiger partial charge in [0.15, 0.2) is 0 Å². The Hall–Kier alpha value is -1.39. The van der Waals surface area contributed by atoms with Crippen molar-refractivity contribution < 1.29 is 14.4 Å². The van der Waals surface area contributed by atoms with Crippen LogP contribution in [0.3, 0.4) is 0 Å². The van der Waals surface area contributed by atoms with E-state index in [1.165, 1.54) is 4.90 Å².